The van der Waals surface area contributed by atoms with E-state index >= 15 is 0 Å². The Morgan fingerprint density at radius 2 is 2.08 bits per heavy atom. The first-order chi connectivity index (χ1) is 6.27. The van der Waals surface area contributed by atoms with Gasteiger partial charge in [0.2, 0.25) is 0 Å². The summed E-state index contributed by atoms with van der Waals surface area (Å²) in [5, 5.41) is 8.52. The number of Topliss-reactive ketones (excluding diaryl/α,β-unsaturated/α-hetero) is 1. The smallest absolute Gasteiger partial charge is 0.166 e. The van der Waals surface area contributed by atoms with E-state index in [4.69, 9.17) is 5.26 Å². The van der Waals surface area contributed by atoms with Crippen LogP contribution in [0, 0.1) is 11.3 Å². The Labute approximate surface area is 77.1 Å². The molecule has 13 heavy (non-hydrogen) atoms. The van der Waals surface area contributed by atoms with Crippen molar-refractivity contribution >= 4 is 5.78 Å². The first-order valence-corrected chi connectivity index (χ1v) is 3.92. The van der Waals surface area contributed by atoms with Crippen LogP contribution in [-0.4, -0.2) is 5.78 Å². The number of benzene rings is 1. The van der Waals surface area contributed by atoms with Crippen LogP contribution in [0.5, 0.6) is 0 Å². The minimum absolute atomic E-state index is 0.0273. The summed E-state index contributed by atoms with van der Waals surface area (Å²) in [6, 6.07) is 8.58. The van der Waals surface area contributed by atoms with E-state index in [-0.39, 0.29) is 5.78 Å². The Hall–Kier alpha value is -1.88. The van der Waals surface area contributed by atoms with Crippen LogP contribution in [0.15, 0.2) is 36.9 Å². The van der Waals surface area contributed by atoms with Gasteiger partial charge < -0.3 is 0 Å². The predicted octanol–water partition coefficient (Wildman–Crippen LogP) is 2.32. The summed E-state index contributed by atoms with van der Waals surface area (Å²) in [4.78, 5) is 11.3. The van der Waals surface area contributed by atoms with Crippen molar-refractivity contribution in [1.29, 1.82) is 5.26 Å². The van der Waals surface area contributed by atoms with Crippen molar-refractivity contribution in [2.45, 2.75) is 6.42 Å². The SMILES string of the molecule is C=CCC(=O)c1ccc(C#N)cc1. The van der Waals surface area contributed by atoms with Crippen LogP contribution in [0.3, 0.4) is 0 Å². The maximum atomic E-state index is 11.3. The lowest BCUT2D eigenvalue weighted by molar-refractivity contribution is 0.0996. The van der Waals surface area contributed by atoms with Crippen molar-refractivity contribution in [3.05, 3.63) is 48.0 Å². The monoisotopic (exact) mass is 171 g/mol. The third-order valence-corrected chi connectivity index (χ3v) is 1.67. The number of carbonyl (C=O) groups excluding carboxylic acids is 1. The van der Waals surface area contributed by atoms with Crippen molar-refractivity contribution in [2.24, 2.45) is 0 Å². The van der Waals surface area contributed by atoms with Crippen LogP contribution in [0.25, 0.3) is 0 Å². The van der Waals surface area contributed by atoms with Crippen molar-refractivity contribution < 1.29 is 4.79 Å². The Kier molecular flexibility index (Phi) is 2.99. The lowest BCUT2D eigenvalue weighted by Gasteiger charge is -1.96. The largest absolute Gasteiger partial charge is 0.294 e. The first-order valence-electron chi connectivity index (χ1n) is 3.92. The lowest BCUT2D eigenvalue weighted by atomic mass is 10.1. The summed E-state index contributed by atoms with van der Waals surface area (Å²) in [7, 11) is 0. The minimum Gasteiger partial charge on any atom is -0.294 e. The van der Waals surface area contributed by atoms with E-state index < -0.39 is 0 Å². The number of carbonyl (C=O) groups is 1. The molecule has 1 aromatic rings. The fraction of sp³-hybridized carbons (Fsp3) is 0.0909. The second-order valence-electron chi connectivity index (χ2n) is 2.61. The van der Waals surface area contributed by atoms with Crippen molar-refractivity contribution in [3.8, 4) is 6.07 Å². The first kappa shape index (κ1) is 9.21. The molecule has 2 nitrogen and oxygen atoms in total. The number of hydrogen-bond acceptors (Lipinski definition) is 2. The third kappa shape index (κ3) is 2.28. The second-order valence-corrected chi connectivity index (χ2v) is 2.61. The van der Waals surface area contributed by atoms with Gasteiger partial charge >= 0.3 is 0 Å². The van der Waals surface area contributed by atoms with Crippen LogP contribution < -0.4 is 0 Å². The summed E-state index contributed by atoms with van der Waals surface area (Å²) < 4.78 is 0. The molecule has 1 rings (SSSR count). The summed E-state index contributed by atoms with van der Waals surface area (Å²) in [6.07, 6.45) is 1.91. The van der Waals surface area contributed by atoms with Crippen molar-refractivity contribution in [3.63, 3.8) is 0 Å². The zero-order chi connectivity index (χ0) is 9.68. The number of allylic oxidation sites excluding steroid dienone is 1. The zero-order valence-corrected chi connectivity index (χ0v) is 7.16. The van der Waals surface area contributed by atoms with Gasteiger partial charge in [-0.2, -0.15) is 5.26 Å². The van der Waals surface area contributed by atoms with Crippen LogP contribution in [-0.2, 0) is 0 Å². The number of ketones is 1. The van der Waals surface area contributed by atoms with E-state index in [1.807, 2.05) is 6.07 Å². The highest BCUT2D eigenvalue weighted by Gasteiger charge is 2.02. The average molecular weight is 171 g/mol. The van der Waals surface area contributed by atoms with Gasteiger partial charge in [-0.1, -0.05) is 18.2 Å². The summed E-state index contributed by atoms with van der Waals surface area (Å²) >= 11 is 0. The second kappa shape index (κ2) is 4.22. The molecule has 64 valence electrons. The molecule has 0 amide bonds. The topological polar surface area (TPSA) is 40.9 Å². The maximum Gasteiger partial charge on any atom is 0.166 e. The minimum atomic E-state index is 0.0273. The molecule has 0 saturated carbocycles. The molecule has 0 saturated heterocycles. The molecule has 0 heterocycles. The fourth-order valence-corrected chi connectivity index (χ4v) is 0.980. The van der Waals surface area contributed by atoms with Gasteiger partial charge in [-0.3, -0.25) is 4.79 Å². The highest BCUT2D eigenvalue weighted by molar-refractivity contribution is 5.96. The molecule has 0 aliphatic rings. The van der Waals surface area contributed by atoms with Crippen molar-refractivity contribution in [1.82, 2.24) is 0 Å². The Morgan fingerprint density at radius 1 is 1.46 bits per heavy atom. The molecule has 0 aromatic heterocycles. The summed E-state index contributed by atoms with van der Waals surface area (Å²) in [5.41, 5.74) is 1.19. The molecule has 0 bridgehead atoms. The van der Waals surface area contributed by atoms with Gasteiger partial charge in [0, 0.05) is 12.0 Å². The molecule has 0 aliphatic carbocycles. The molecule has 0 N–H and O–H groups in total. The predicted molar refractivity (Wildman–Crippen MR) is 50.3 cm³/mol. The normalized spacial score (nSPS) is 8.85. The molecule has 2 heteroatoms. The van der Waals surface area contributed by atoms with E-state index in [0.29, 0.717) is 17.5 Å². The van der Waals surface area contributed by atoms with Gasteiger partial charge in [0.1, 0.15) is 0 Å². The fourth-order valence-electron chi connectivity index (χ4n) is 0.980. The third-order valence-electron chi connectivity index (χ3n) is 1.67. The summed E-state index contributed by atoms with van der Waals surface area (Å²) in [5.74, 6) is 0.0273. The summed E-state index contributed by atoms with van der Waals surface area (Å²) in [6.45, 7) is 3.49. The quantitative estimate of drug-likeness (QED) is 0.517. The lowest BCUT2D eigenvalue weighted by Crippen LogP contribution is -1.96. The van der Waals surface area contributed by atoms with Crippen molar-refractivity contribution in [2.75, 3.05) is 0 Å². The number of hydrogen-bond donors (Lipinski definition) is 0. The molecule has 0 unspecified atom stereocenters. The Bertz CT molecular complexity index is 357. The van der Waals surface area contributed by atoms with E-state index in [1.54, 1.807) is 30.3 Å². The molecule has 0 atom stereocenters. The highest BCUT2D eigenvalue weighted by Crippen LogP contribution is 2.06. The van der Waals surface area contributed by atoms with E-state index in [9.17, 15) is 4.79 Å². The van der Waals surface area contributed by atoms with Gasteiger partial charge in [-0.15, -0.1) is 6.58 Å². The van der Waals surface area contributed by atoms with E-state index in [0.717, 1.165) is 0 Å². The zero-order valence-electron chi connectivity index (χ0n) is 7.16. The van der Waals surface area contributed by atoms with Gasteiger partial charge in [0.15, 0.2) is 5.78 Å². The van der Waals surface area contributed by atoms with Gasteiger partial charge in [0.05, 0.1) is 11.6 Å². The van der Waals surface area contributed by atoms with Crippen LogP contribution in [0.1, 0.15) is 22.3 Å². The maximum absolute atomic E-state index is 11.3. The van der Waals surface area contributed by atoms with Gasteiger partial charge in [-0.05, 0) is 12.1 Å². The number of nitrogens with zero attached hydrogens (tertiary/aromatic N) is 1. The van der Waals surface area contributed by atoms with E-state index in [2.05, 4.69) is 6.58 Å². The molecule has 0 radical (unpaired) electrons. The van der Waals surface area contributed by atoms with Gasteiger partial charge in [0.25, 0.3) is 0 Å². The van der Waals surface area contributed by atoms with Crippen LogP contribution in [0.2, 0.25) is 0 Å². The molecular formula is C11H9NO. The molecular weight excluding hydrogens is 162 g/mol. The molecule has 0 aliphatic heterocycles. The van der Waals surface area contributed by atoms with Crippen LogP contribution >= 0.6 is 0 Å². The highest BCUT2D eigenvalue weighted by atomic mass is 16.1. The number of nitriles is 1. The standard InChI is InChI=1S/C11H9NO/c1-2-3-11(13)10-6-4-9(8-12)5-7-10/h2,4-7H,1,3H2. The Morgan fingerprint density at radius 3 is 2.54 bits per heavy atom. The number of rotatable bonds is 3. The average Bonchev–Trinajstić information content (AvgIpc) is 2.18. The molecule has 0 fully saturated rings. The molecule has 0 spiro atoms. The van der Waals surface area contributed by atoms with E-state index in [1.165, 1.54) is 0 Å². The van der Waals surface area contributed by atoms with Gasteiger partial charge in [-0.25, -0.2) is 0 Å². The molecule has 1 aromatic carbocycles. The Balaban J connectivity index is 2.87. The van der Waals surface area contributed by atoms with Crippen LogP contribution in [0.4, 0.5) is 0 Å².